The van der Waals surface area contributed by atoms with Crippen LogP contribution in [0, 0.1) is 18.3 Å². The maximum atomic E-state index is 11.1. The number of carbonyl (C=O) groups is 1. The molecule has 90 valence electrons. The lowest BCUT2D eigenvalue weighted by Crippen LogP contribution is -2.38. The lowest BCUT2D eigenvalue weighted by molar-refractivity contribution is -0.138. The number of aryl methyl sites for hydroxylation is 1. The van der Waals surface area contributed by atoms with Crippen LogP contribution in [0.4, 0.5) is 5.69 Å². The minimum atomic E-state index is -0.873. The molecule has 0 aliphatic heterocycles. The zero-order chi connectivity index (χ0) is 13.0. The molecule has 1 unspecified atom stereocenters. The highest BCUT2D eigenvalue weighted by Gasteiger charge is 2.23. The Morgan fingerprint density at radius 2 is 2.24 bits per heavy atom. The van der Waals surface area contributed by atoms with Crippen LogP contribution in [0.1, 0.15) is 24.5 Å². The van der Waals surface area contributed by atoms with Gasteiger partial charge in [-0.3, -0.25) is 0 Å². The number of likely N-dealkylation sites (N-methyl/N-ethyl adjacent to an activating group) is 1. The third-order valence-corrected chi connectivity index (χ3v) is 2.85. The van der Waals surface area contributed by atoms with Crippen molar-refractivity contribution in [2.75, 3.05) is 11.9 Å². The third-order valence-electron chi connectivity index (χ3n) is 2.85. The van der Waals surface area contributed by atoms with E-state index in [1.807, 2.05) is 19.9 Å². The molecule has 0 spiro atoms. The minimum absolute atomic E-state index is 0.491. The predicted molar refractivity (Wildman–Crippen MR) is 66.0 cm³/mol. The molecule has 1 N–H and O–H groups in total. The number of rotatable bonds is 4. The number of hydrogen-bond acceptors (Lipinski definition) is 3. The van der Waals surface area contributed by atoms with Crippen molar-refractivity contribution in [2.45, 2.75) is 26.3 Å². The zero-order valence-corrected chi connectivity index (χ0v) is 10.3. The monoisotopic (exact) mass is 232 g/mol. The van der Waals surface area contributed by atoms with Crippen molar-refractivity contribution in [3.8, 4) is 6.07 Å². The van der Waals surface area contributed by atoms with Gasteiger partial charge in [-0.1, -0.05) is 19.1 Å². The van der Waals surface area contributed by atoms with Crippen molar-refractivity contribution < 1.29 is 9.90 Å². The van der Waals surface area contributed by atoms with Crippen molar-refractivity contribution in [1.29, 1.82) is 5.26 Å². The van der Waals surface area contributed by atoms with Gasteiger partial charge in [0.2, 0.25) is 0 Å². The summed E-state index contributed by atoms with van der Waals surface area (Å²) in [6.07, 6.45) is 0.491. The van der Waals surface area contributed by atoms with E-state index >= 15 is 0 Å². The molecule has 0 heterocycles. The largest absolute Gasteiger partial charge is 0.480 e. The average molecular weight is 232 g/mol. The first-order valence-corrected chi connectivity index (χ1v) is 5.48. The van der Waals surface area contributed by atoms with Crippen LogP contribution in [0.3, 0.4) is 0 Å². The summed E-state index contributed by atoms with van der Waals surface area (Å²) in [5.41, 5.74) is 2.11. The molecule has 0 amide bonds. The Morgan fingerprint density at radius 3 is 2.71 bits per heavy atom. The van der Waals surface area contributed by atoms with E-state index in [1.54, 1.807) is 24.1 Å². The van der Waals surface area contributed by atoms with Crippen molar-refractivity contribution in [3.63, 3.8) is 0 Å². The van der Waals surface area contributed by atoms with Crippen molar-refractivity contribution in [3.05, 3.63) is 29.3 Å². The molecule has 4 heteroatoms. The molecular weight excluding hydrogens is 216 g/mol. The number of anilines is 1. The zero-order valence-electron chi connectivity index (χ0n) is 10.3. The predicted octanol–water partition coefficient (Wildman–Crippen LogP) is 2.17. The molecule has 1 aromatic rings. The Hall–Kier alpha value is -2.02. The molecule has 1 rings (SSSR count). The third kappa shape index (κ3) is 2.56. The van der Waals surface area contributed by atoms with Gasteiger partial charge in [-0.25, -0.2) is 4.79 Å². The standard InChI is InChI=1S/C13H16N2O2/c1-4-11(13(16)17)15(3)12-9(2)6-5-7-10(12)8-14/h5-7,11H,4H2,1-3H3,(H,16,17). The fraction of sp³-hybridized carbons (Fsp3) is 0.385. The van der Waals surface area contributed by atoms with E-state index in [4.69, 9.17) is 10.4 Å². The van der Waals surface area contributed by atoms with E-state index in [2.05, 4.69) is 6.07 Å². The second-order valence-corrected chi connectivity index (χ2v) is 3.96. The smallest absolute Gasteiger partial charge is 0.326 e. The summed E-state index contributed by atoms with van der Waals surface area (Å²) in [5, 5.41) is 18.2. The normalized spacial score (nSPS) is 11.6. The second-order valence-electron chi connectivity index (χ2n) is 3.96. The fourth-order valence-corrected chi connectivity index (χ4v) is 1.99. The van der Waals surface area contributed by atoms with Gasteiger partial charge in [0.05, 0.1) is 11.3 Å². The summed E-state index contributed by atoms with van der Waals surface area (Å²) in [5.74, 6) is -0.873. The lowest BCUT2D eigenvalue weighted by atomic mass is 10.1. The topological polar surface area (TPSA) is 64.3 Å². The van der Waals surface area contributed by atoms with Gasteiger partial charge in [0.1, 0.15) is 12.1 Å². The van der Waals surface area contributed by atoms with Gasteiger partial charge in [0, 0.05) is 7.05 Å². The van der Waals surface area contributed by atoms with Gasteiger partial charge in [-0.05, 0) is 25.0 Å². The second kappa shape index (κ2) is 5.35. The van der Waals surface area contributed by atoms with Crippen molar-refractivity contribution in [1.82, 2.24) is 0 Å². The molecule has 0 aromatic heterocycles. The number of carboxylic acids is 1. The number of nitrogens with zero attached hydrogens (tertiary/aromatic N) is 2. The Bertz CT molecular complexity index is 463. The van der Waals surface area contributed by atoms with Crippen LogP contribution in [0.15, 0.2) is 18.2 Å². The highest BCUT2D eigenvalue weighted by Crippen LogP contribution is 2.26. The molecule has 0 aliphatic rings. The van der Waals surface area contributed by atoms with Crippen LogP contribution in [0.25, 0.3) is 0 Å². The molecule has 0 aliphatic carbocycles. The van der Waals surface area contributed by atoms with Gasteiger partial charge < -0.3 is 10.0 Å². The number of aliphatic carboxylic acids is 1. The lowest BCUT2D eigenvalue weighted by Gasteiger charge is -2.28. The summed E-state index contributed by atoms with van der Waals surface area (Å²) < 4.78 is 0. The fourth-order valence-electron chi connectivity index (χ4n) is 1.99. The van der Waals surface area contributed by atoms with E-state index in [-0.39, 0.29) is 0 Å². The molecule has 4 nitrogen and oxygen atoms in total. The highest BCUT2D eigenvalue weighted by atomic mass is 16.4. The highest BCUT2D eigenvalue weighted by molar-refractivity contribution is 5.79. The van der Waals surface area contributed by atoms with Crippen molar-refractivity contribution >= 4 is 11.7 Å². The molecule has 0 bridgehead atoms. The van der Waals surface area contributed by atoms with Crippen LogP contribution in [-0.2, 0) is 4.79 Å². The maximum absolute atomic E-state index is 11.1. The molecule has 0 fully saturated rings. The molecule has 1 aromatic carbocycles. The first kappa shape index (κ1) is 13.0. The van der Waals surface area contributed by atoms with Crippen molar-refractivity contribution in [2.24, 2.45) is 0 Å². The van der Waals surface area contributed by atoms with Crippen LogP contribution in [0.5, 0.6) is 0 Å². The molecular formula is C13H16N2O2. The van der Waals surface area contributed by atoms with Crippen LogP contribution in [-0.4, -0.2) is 24.2 Å². The summed E-state index contributed by atoms with van der Waals surface area (Å²) >= 11 is 0. The first-order chi connectivity index (χ1) is 8.02. The van der Waals surface area contributed by atoms with E-state index in [0.717, 1.165) is 5.56 Å². The van der Waals surface area contributed by atoms with Gasteiger partial charge in [-0.15, -0.1) is 0 Å². The maximum Gasteiger partial charge on any atom is 0.326 e. The number of benzene rings is 1. The Kier molecular flexibility index (Phi) is 4.11. The quantitative estimate of drug-likeness (QED) is 0.864. The molecule has 1 atom stereocenters. The van der Waals surface area contributed by atoms with Gasteiger partial charge in [-0.2, -0.15) is 5.26 Å². The van der Waals surface area contributed by atoms with Gasteiger partial charge in [0.25, 0.3) is 0 Å². The molecule has 0 saturated heterocycles. The summed E-state index contributed by atoms with van der Waals surface area (Å²) in [6, 6.07) is 6.87. The van der Waals surface area contributed by atoms with Crippen LogP contribution >= 0.6 is 0 Å². The molecule has 0 saturated carbocycles. The number of hydrogen-bond donors (Lipinski definition) is 1. The average Bonchev–Trinajstić information content (AvgIpc) is 2.28. The van der Waals surface area contributed by atoms with Crippen LogP contribution in [0.2, 0.25) is 0 Å². The summed E-state index contributed by atoms with van der Waals surface area (Å²) in [6.45, 7) is 3.70. The molecule has 0 radical (unpaired) electrons. The van der Waals surface area contributed by atoms with E-state index in [9.17, 15) is 4.79 Å². The Morgan fingerprint density at radius 1 is 1.59 bits per heavy atom. The first-order valence-electron chi connectivity index (χ1n) is 5.48. The summed E-state index contributed by atoms with van der Waals surface area (Å²) in [4.78, 5) is 12.8. The molecule has 17 heavy (non-hydrogen) atoms. The Labute approximate surface area is 101 Å². The SMILES string of the molecule is CCC(C(=O)O)N(C)c1c(C)cccc1C#N. The number of nitriles is 1. The van der Waals surface area contributed by atoms with E-state index in [1.165, 1.54) is 0 Å². The van der Waals surface area contributed by atoms with Gasteiger partial charge >= 0.3 is 5.97 Å². The van der Waals surface area contributed by atoms with E-state index in [0.29, 0.717) is 17.7 Å². The minimum Gasteiger partial charge on any atom is -0.480 e. The summed E-state index contributed by atoms with van der Waals surface area (Å²) in [7, 11) is 1.71. The number of carboxylic acid groups (broad SMARTS) is 1. The van der Waals surface area contributed by atoms with Gasteiger partial charge in [0.15, 0.2) is 0 Å². The number of para-hydroxylation sites is 1. The van der Waals surface area contributed by atoms with Crippen LogP contribution < -0.4 is 4.90 Å². The Balaban J connectivity index is 3.24. The van der Waals surface area contributed by atoms with E-state index < -0.39 is 12.0 Å².